The number of pyridine rings is 1. The number of carbonyl (C=O) groups is 1. The van der Waals surface area contributed by atoms with E-state index in [0.29, 0.717) is 37.3 Å². The molecule has 1 amide bonds. The number of tetrazole rings is 1. The fourth-order valence-electron chi connectivity index (χ4n) is 5.81. The molecule has 0 radical (unpaired) electrons. The Labute approximate surface area is 281 Å². The van der Waals surface area contributed by atoms with Crippen LogP contribution in [0.2, 0.25) is 25.7 Å². The summed E-state index contributed by atoms with van der Waals surface area (Å²) in [4.78, 5) is 29.5. The summed E-state index contributed by atoms with van der Waals surface area (Å²) in [5.41, 5.74) is 5.06. The molecule has 4 aromatic heterocycles. The van der Waals surface area contributed by atoms with Gasteiger partial charge >= 0.3 is 6.09 Å². The summed E-state index contributed by atoms with van der Waals surface area (Å²) in [6, 6.07) is 14.8. The van der Waals surface area contributed by atoms with E-state index in [0.717, 1.165) is 52.3 Å². The molecule has 48 heavy (non-hydrogen) atoms. The lowest BCUT2D eigenvalue weighted by molar-refractivity contribution is 0.0695. The molecule has 0 bridgehead atoms. The number of ether oxygens (including phenoxy) is 2. The number of benzene rings is 1. The van der Waals surface area contributed by atoms with Crippen LogP contribution in [-0.2, 0) is 29.9 Å². The lowest BCUT2D eigenvalue weighted by Gasteiger charge is -2.37. The van der Waals surface area contributed by atoms with Gasteiger partial charge in [-0.2, -0.15) is 0 Å². The molecular weight excluding hydrogens is 625 g/mol. The number of carbonyl (C=O) groups excluding carboxylic acids is 1. The average molecular weight is 669 g/mol. The molecule has 1 N–H and O–H groups in total. The molecule has 0 saturated carbocycles. The highest BCUT2D eigenvalue weighted by Crippen LogP contribution is 2.33. The fraction of sp³-hybridized carbons (Fsp3) is 0.441. The topological polar surface area (TPSA) is 138 Å². The minimum Gasteiger partial charge on any atom is -0.445 e. The van der Waals surface area contributed by atoms with Crippen LogP contribution in [0.3, 0.4) is 0 Å². The van der Waals surface area contributed by atoms with Crippen molar-refractivity contribution in [2.24, 2.45) is 7.05 Å². The van der Waals surface area contributed by atoms with Crippen molar-refractivity contribution in [1.29, 1.82) is 0 Å². The van der Waals surface area contributed by atoms with E-state index in [2.05, 4.69) is 58.6 Å². The van der Waals surface area contributed by atoms with E-state index in [9.17, 15) is 4.79 Å². The maximum absolute atomic E-state index is 13.1. The lowest BCUT2D eigenvalue weighted by Crippen LogP contribution is -2.50. The van der Waals surface area contributed by atoms with Crippen LogP contribution < -0.4 is 5.32 Å². The van der Waals surface area contributed by atoms with Gasteiger partial charge in [-0.15, -0.1) is 5.10 Å². The molecule has 14 heteroatoms. The van der Waals surface area contributed by atoms with Crippen LogP contribution in [0, 0.1) is 6.92 Å². The molecule has 1 saturated heterocycles. The van der Waals surface area contributed by atoms with Crippen molar-refractivity contribution in [3.8, 4) is 22.8 Å². The highest BCUT2D eigenvalue weighted by molar-refractivity contribution is 6.76. The molecule has 1 aliphatic rings. The molecule has 13 nitrogen and oxygen atoms in total. The summed E-state index contributed by atoms with van der Waals surface area (Å²) in [6.45, 7) is 12.9. The van der Waals surface area contributed by atoms with Gasteiger partial charge in [0, 0.05) is 63.7 Å². The highest BCUT2D eigenvalue weighted by Gasteiger charge is 2.31. The second kappa shape index (κ2) is 14.2. The first-order chi connectivity index (χ1) is 23.1. The normalized spacial score (nSPS) is 16.8. The van der Waals surface area contributed by atoms with Gasteiger partial charge in [0.15, 0.2) is 5.82 Å². The maximum Gasteiger partial charge on any atom is 0.410 e. The van der Waals surface area contributed by atoms with Crippen molar-refractivity contribution in [2.75, 3.05) is 18.5 Å². The van der Waals surface area contributed by atoms with Gasteiger partial charge in [0.25, 0.3) is 0 Å². The number of rotatable bonds is 11. The SMILES string of the molecule is Cc1cnc(N[C@@H]2CC[C@@H](C)N(C(=O)OCc3ccccc3)C2)nc1-c1cn(COCC[Si](C)(C)C)c2nc(-c3nnnn3C)ccc12. The highest BCUT2D eigenvalue weighted by atomic mass is 28.3. The van der Waals surface area contributed by atoms with Gasteiger partial charge in [-0.3, -0.25) is 0 Å². The minimum atomic E-state index is -1.24. The Morgan fingerprint density at radius 3 is 2.65 bits per heavy atom. The van der Waals surface area contributed by atoms with Crippen molar-refractivity contribution < 1.29 is 14.3 Å². The van der Waals surface area contributed by atoms with Gasteiger partial charge < -0.3 is 24.3 Å². The predicted molar refractivity (Wildman–Crippen MR) is 187 cm³/mol. The summed E-state index contributed by atoms with van der Waals surface area (Å²) in [5.74, 6) is 1.09. The number of hydrogen-bond donors (Lipinski definition) is 1. The van der Waals surface area contributed by atoms with Gasteiger partial charge in [-0.1, -0.05) is 50.0 Å². The second-order valence-corrected chi connectivity index (χ2v) is 19.4. The number of nitrogens with one attached hydrogen (secondary N) is 1. The Bertz CT molecular complexity index is 1870. The standard InChI is InChI=1S/C34H44N10O3Si/c1-23-18-35-33(36-26-13-12-24(2)44(19-26)34(45)47-21-25-10-8-7-9-11-25)38-30(23)28-20-43(22-46-16-17-48(4,5)6)31-27(28)14-15-29(37-31)32-39-40-41-42(32)3/h7-11,14-15,18,20,24,26H,12-13,16-17,19,21-22H2,1-6H3,(H,35,36,38)/t24-,26-/m1/s1. The molecule has 1 aliphatic heterocycles. The first-order valence-corrected chi connectivity index (χ1v) is 20.1. The molecular formula is C34H44N10O3Si. The van der Waals surface area contributed by atoms with E-state index in [1.807, 2.05) is 60.2 Å². The van der Waals surface area contributed by atoms with E-state index in [1.165, 1.54) is 0 Å². The van der Waals surface area contributed by atoms with Gasteiger partial charge in [0.05, 0.1) is 5.69 Å². The van der Waals surface area contributed by atoms with E-state index in [4.69, 9.17) is 19.4 Å². The molecule has 5 aromatic rings. The number of aryl methyl sites for hydroxylation is 2. The minimum absolute atomic E-state index is 0.0219. The number of likely N-dealkylation sites (tertiary alicyclic amines) is 1. The summed E-state index contributed by atoms with van der Waals surface area (Å²) < 4.78 is 15.5. The van der Waals surface area contributed by atoms with Crippen LogP contribution in [-0.4, -0.2) is 84.0 Å². The molecule has 6 rings (SSSR count). The Kier molecular flexibility index (Phi) is 9.82. The van der Waals surface area contributed by atoms with Crippen molar-refractivity contribution in [2.45, 2.75) is 77.8 Å². The fourth-order valence-corrected chi connectivity index (χ4v) is 6.57. The van der Waals surface area contributed by atoms with E-state index in [1.54, 1.807) is 16.6 Å². The molecule has 0 aliphatic carbocycles. The van der Waals surface area contributed by atoms with Gasteiger partial charge in [-0.25, -0.2) is 24.4 Å². The summed E-state index contributed by atoms with van der Waals surface area (Å²) in [6.07, 6.45) is 5.30. The predicted octanol–water partition coefficient (Wildman–Crippen LogP) is 5.91. The zero-order chi connectivity index (χ0) is 33.8. The van der Waals surface area contributed by atoms with Crippen LogP contribution in [0.25, 0.3) is 33.8 Å². The largest absolute Gasteiger partial charge is 0.445 e. The molecule has 2 atom stereocenters. The lowest BCUT2D eigenvalue weighted by atomic mass is 10.00. The average Bonchev–Trinajstić information content (AvgIpc) is 3.66. The third-order valence-electron chi connectivity index (χ3n) is 8.68. The van der Waals surface area contributed by atoms with Crippen molar-refractivity contribution >= 4 is 31.1 Å². The number of hydrogen-bond acceptors (Lipinski definition) is 10. The summed E-state index contributed by atoms with van der Waals surface area (Å²) >= 11 is 0. The molecule has 1 aromatic carbocycles. The van der Waals surface area contributed by atoms with Gasteiger partial charge in [-0.05, 0) is 66.4 Å². The Hall–Kier alpha value is -4.69. The molecule has 1 fully saturated rings. The van der Waals surface area contributed by atoms with Crippen LogP contribution >= 0.6 is 0 Å². The zero-order valence-electron chi connectivity index (χ0n) is 28.6. The first-order valence-electron chi connectivity index (χ1n) is 16.4. The van der Waals surface area contributed by atoms with Crippen LogP contribution in [0.15, 0.2) is 54.9 Å². The number of anilines is 1. The molecule has 0 unspecified atom stereocenters. The third kappa shape index (κ3) is 7.71. The zero-order valence-corrected chi connectivity index (χ0v) is 29.6. The van der Waals surface area contributed by atoms with Gasteiger partial charge in [0.1, 0.15) is 24.7 Å². The first kappa shape index (κ1) is 33.2. The number of piperidine rings is 1. The number of nitrogens with zero attached hydrogens (tertiary/aromatic N) is 9. The maximum atomic E-state index is 13.1. The van der Waals surface area contributed by atoms with Crippen molar-refractivity contribution in [3.63, 3.8) is 0 Å². The Morgan fingerprint density at radius 1 is 1.08 bits per heavy atom. The molecule has 252 valence electrons. The molecule has 0 spiro atoms. The van der Waals surface area contributed by atoms with Crippen molar-refractivity contribution in [1.82, 2.24) is 44.6 Å². The van der Waals surface area contributed by atoms with Crippen LogP contribution in [0.4, 0.5) is 10.7 Å². The Morgan fingerprint density at radius 2 is 1.90 bits per heavy atom. The van der Waals surface area contributed by atoms with Crippen LogP contribution in [0.1, 0.15) is 30.9 Å². The van der Waals surface area contributed by atoms with E-state index in [-0.39, 0.29) is 24.8 Å². The van der Waals surface area contributed by atoms with E-state index < -0.39 is 8.07 Å². The summed E-state index contributed by atoms with van der Waals surface area (Å²) in [7, 11) is 0.554. The number of amides is 1. The Balaban J connectivity index is 1.23. The smallest absolute Gasteiger partial charge is 0.410 e. The third-order valence-corrected chi connectivity index (χ3v) is 10.4. The summed E-state index contributed by atoms with van der Waals surface area (Å²) in [5, 5.41) is 16.4. The number of fused-ring (bicyclic) bond motifs is 1. The van der Waals surface area contributed by atoms with Gasteiger partial charge in [0.2, 0.25) is 5.95 Å². The van der Waals surface area contributed by atoms with Crippen molar-refractivity contribution in [3.05, 3.63) is 66.0 Å². The van der Waals surface area contributed by atoms with Crippen LogP contribution in [0.5, 0.6) is 0 Å². The monoisotopic (exact) mass is 668 g/mol. The number of aromatic nitrogens is 8. The second-order valence-electron chi connectivity index (χ2n) is 13.7. The quantitative estimate of drug-likeness (QED) is 0.134. The van der Waals surface area contributed by atoms with E-state index >= 15 is 0 Å². The molecule has 5 heterocycles.